The van der Waals surface area contributed by atoms with E-state index >= 15 is 0 Å². The molecule has 1 N–H and O–H groups in total. The first-order chi connectivity index (χ1) is 17.5. The van der Waals surface area contributed by atoms with Crippen molar-refractivity contribution < 1.29 is 24.2 Å². The number of halogens is 1. The number of hydrogen-bond donors (Lipinski definition) is 1. The van der Waals surface area contributed by atoms with E-state index in [-0.39, 0.29) is 33.1 Å². The lowest BCUT2D eigenvalue weighted by molar-refractivity contribution is -0.132. The van der Waals surface area contributed by atoms with Crippen LogP contribution in [0.1, 0.15) is 49.1 Å². The van der Waals surface area contributed by atoms with Gasteiger partial charge in [0.2, 0.25) is 0 Å². The van der Waals surface area contributed by atoms with E-state index in [9.17, 15) is 14.7 Å². The lowest BCUT2D eigenvalue weighted by Crippen LogP contribution is -2.29. The molecule has 1 saturated heterocycles. The van der Waals surface area contributed by atoms with Gasteiger partial charge in [-0.3, -0.25) is 14.5 Å². The number of rotatable bonds is 5. The Labute approximate surface area is 222 Å². The highest BCUT2D eigenvalue weighted by atomic mass is 35.5. The van der Waals surface area contributed by atoms with Gasteiger partial charge in [-0.2, -0.15) is 0 Å². The summed E-state index contributed by atoms with van der Waals surface area (Å²) in [5, 5.41) is 11.8. The summed E-state index contributed by atoms with van der Waals surface area (Å²) >= 11 is 6.38. The van der Waals surface area contributed by atoms with Crippen molar-refractivity contribution in [2.24, 2.45) is 0 Å². The number of ketones is 1. The van der Waals surface area contributed by atoms with Crippen LogP contribution in [0.15, 0.2) is 66.2 Å². The third-order valence-electron chi connectivity index (χ3n) is 6.53. The first-order valence-electron chi connectivity index (χ1n) is 11.9. The highest BCUT2D eigenvalue weighted by Crippen LogP contribution is 2.45. The second-order valence-corrected chi connectivity index (χ2v) is 10.5. The fraction of sp³-hybridized carbons (Fsp3) is 0.267. The summed E-state index contributed by atoms with van der Waals surface area (Å²) < 4.78 is 10.7. The molecular formula is C30H30ClNO5. The van der Waals surface area contributed by atoms with Crippen molar-refractivity contribution in [3.8, 4) is 11.5 Å². The molecule has 3 aromatic carbocycles. The maximum absolute atomic E-state index is 13.5. The van der Waals surface area contributed by atoms with E-state index in [1.165, 1.54) is 12.0 Å². The van der Waals surface area contributed by atoms with Crippen molar-refractivity contribution in [1.29, 1.82) is 0 Å². The largest absolute Gasteiger partial charge is 0.507 e. The summed E-state index contributed by atoms with van der Waals surface area (Å²) in [6.45, 7) is 8.13. The van der Waals surface area contributed by atoms with Gasteiger partial charge in [0, 0.05) is 5.69 Å². The van der Waals surface area contributed by atoms with E-state index in [1.807, 2.05) is 31.2 Å². The number of aryl methyl sites for hydroxylation is 1. The average molecular weight is 520 g/mol. The maximum Gasteiger partial charge on any atom is 0.300 e. The third-order valence-corrected chi connectivity index (χ3v) is 6.82. The number of aliphatic hydroxyl groups excluding tert-OH is 1. The van der Waals surface area contributed by atoms with Gasteiger partial charge in [-0.1, -0.05) is 56.6 Å². The summed E-state index contributed by atoms with van der Waals surface area (Å²) in [4.78, 5) is 28.4. The first kappa shape index (κ1) is 26.3. The number of Topliss-reactive ketones (excluding diaryl/α,β-unsaturated/α-hetero) is 1. The zero-order chi connectivity index (χ0) is 27.1. The van der Waals surface area contributed by atoms with Crippen LogP contribution in [-0.2, 0) is 15.0 Å². The minimum Gasteiger partial charge on any atom is -0.507 e. The van der Waals surface area contributed by atoms with Crippen LogP contribution >= 0.6 is 11.6 Å². The van der Waals surface area contributed by atoms with Crippen molar-refractivity contribution in [2.45, 2.75) is 39.2 Å². The number of anilines is 1. The monoisotopic (exact) mass is 519 g/mol. The Morgan fingerprint density at radius 3 is 2.11 bits per heavy atom. The van der Waals surface area contributed by atoms with Crippen LogP contribution in [0.25, 0.3) is 5.76 Å². The molecule has 0 spiro atoms. The molecule has 0 aromatic heterocycles. The van der Waals surface area contributed by atoms with E-state index < -0.39 is 17.7 Å². The molecule has 1 aliphatic heterocycles. The molecule has 1 fully saturated rings. The molecule has 0 saturated carbocycles. The normalized spacial score (nSPS) is 17.3. The van der Waals surface area contributed by atoms with Gasteiger partial charge in [0.1, 0.15) is 17.3 Å². The second-order valence-electron chi connectivity index (χ2n) is 10.1. The molecule has 37 heavy (non-hydrogen) atoms. The van der Waals surface area contributed by atoms with Gasteiger partial charge in [-0.15, -0.1) is 0 Å². The SMILES string of the molecule is COc1ccc(C2/C(=C(\O)c3cc(C)cc(Cl)c3OC)C(=O)C(=O)N2c2ccc(C(C)(C)C)cc2)cc1. The number of carbonyl (C=O) groups is 2. The molecule has 6 nitrogen and oxygen atoms in total. The Bertz CT molecular complexity index is 1390. The van der Waals surface area contributed by atoms with E-state index in [4.69, 9.17) is 21.1 Å². The van der Waals surface area contributed by atoms with Gasteiger partial charge in [-0.25, -0.2) is 0 Å². The predicted molar refractivity (Wildman–Crippen MR) is 146 cm³/mol. The van der Waals surface area contributed by atoms with Crippen molar-refractivity contribution in [3.05, 3.63) is 93.5 Å². The van der Waals surface area contributed by atoms with Gasteiger partial charge in [-0.05, 0) is 65.4 Å². The summed E-state index contributed by atoms with van der Waals surface area (Å²) in [6, 6.07) is 17.1. The van der Waals surface area contributed by atoms with Crippen LogP contribution in [0.5, 0.6) is 11.5 Å². The molecule has 0 bridgehead atoms. The number of hydrogen-bond acceptors (Lipinski definition) is 5. The Kier molecular flexibility index (Phi) is 7.07. The maximum atomic E-state index is 13.5. The summed E-state index contributed by atoms with van der Waals surface area (Å²) in [5.74, 6) is -1.03. The minimum absolute atomic E-state index is 0.0463. The molecule has 1 aliphatic rings. The van der Waals surface area contributed by atoms with Crippen molar-refractivity contribution in [3.63, 3.8) is 0 Å². The number of aliphatic hydroxyl groups is 1. The number of amides is 1. The summed E-state index contributed by atoms with van der Waals surface area (Å²) in [6.07, 6.45) is 0. The molecule has 1 unspecified atom stereocenters. The quantitative estimate of drug-likeness (QED) is 0.234. The van der Waals surface area contributed by atoms with Crippen molar-refractivity contribution >= 4 is 34.7 Å². The Balaban J connectivity index is 1.96. The molecule has 3 aromatic rings. The molecule has 0 aliphatic carbocycles. The summed E-state index contributed by atoms with van der Waals surface area (Å²) in [5.41, 5.74) is 3.15. The van der Waals surface area contributed by atoms with E-state index in [2.05, 4.69) is 20.8 Å². The number of methoxy groups -OCH3 is 2. The first-order valence-corrected chi connectivity index (χ1v) is 12.3. The molecule has 7 heteroatoms. The lowest BCUT2D eigenvalue weighted by atomic mass is 9.87. The van der Waals surface area contributed by atoms with Crippen molar-refractivity contribution in [1.82, 2.24) is 0 Å². The topological polar surface area (TPSA) is 76.1 Å². The lowest BCUT2D eigenvalue weighted by Gasteiger charge is -2.27. The highest BCUT2D eigenvalue weighted by molar-refractivity contribution is 6.51. The third kappa shape index (κ3) is 4.81. The zero-order valence-electron chi connectivity index (χ0n) is 21.8. The fourth-order valence-corrected chi connectivity index (χ4v) is 4.93. The molecule has 1 amide bonds. The Hall–Kier alpha value is -3.77. The zero-order valence-corrected chi connectivity index (χ0v) is 22.5. The van der Waals surface area contributed by atoms with Crippen LogP contribution in [0.4, 0.5) is 5.69 Å². The molecule has 192 valence electrons. The minimum atomic E-state index is -0.879. The highest BCUT2D eigenvalue weighted by Gasteiger charge is 2.47. The van der Waals surface area contributed by atoms with Gasteiger partial charge in [0.25, 0.3) is 11.7 Å². The average Bonchev–Trinajstić information content (AvgIpc) is 3.13. The number of benzene rings is 3. The fourth-order valence-electron chi connectivity index (χ4n) is 4.58. The van der Waals surface area contributed by atoms with E-state index in [0.717, 1.165) is 11.1 Å². The number of carbonyl (C=O) groups excluding carboxylic acids is 2. The van der Waals surface area contributed by atoms with Crippen LogP contribution in [0.3, 0.4) is 0 Å². The molecule has 0 radical (unpaired) electrons. The van der Waals surface area contributed by atoms with Crippen molar-refractivity contribution in [2.75, 3.05) is 19.1 Å². The van der Waals surface area contributed by atoms with Gasteiger partial charge in [0.15, 0.2) is 0 Å². The van der Waals surface area contributed by atoms with Gasteiger partial charge < -0.3 is 14.6 Å². The molecular weight excluding hydrogens is 490 g/mol. The Morgan fingerprint density at radius 1 is 0.946 bits per heavy atom. The van der Waals surface area contributed by atoms with E-state index in [0.29, 0.717) is 17.0 Å². The van der Waals surface area contributed by atoms with E-state index in [1.54, 1.807) is 43.5 Å². The number of nitrogens with zero attached hydrogens (tertiary/aromatic N) is 1. The molecule has 1 heterocycles. The van der Waals surface area contributed by atoms with Crippen LogP contribution in [-0.4, -0.2) is 31.0 Å². The Morgan fingerprint density at radius 2 is 1.57 bits per heavy atom. The standard InChI is InChI=1S/C30H30ClNO5/c1-17-15-22(28(37-6)23(31)16-17)26(33)24-25(18-7-13-21(36-5)14-8-18)32(29(35)27(24)34)20-11-9-19(10-12-20)30(2,3)4/h7-16,25,33H,1-6H3/b26-24+. The van der Waals surface area contributed by atoms with Gasteiger partial charge in [0.05, 0.1) is 36.4 Å². The van der Waals surface area contributed by atoms with Crippen LogP contribution in [0.2, 0.25) is 5.02 Å². The second kappa shape index (κ2) is 9.94. The predicted octanol–water partition coefficient (Wildman–Crippen LogP) is 6.59. The number of ether oxygens (including phenoxy) is 2. The van der Waals surface area contributed by atoms with Gasteiger partial charge >= 0.3 is 0 Å². The van der Waals surface area contributed by atoms with Crippen LogP contribution in [0, 0.1) is 6.92 Å². The molecule has 4 rings (SSSR count). The molecule has 1 atom stereocenters. The van der Waals surface area contributed by atoms with Crippen LogP contribution < -0.4 is 14.4 Å². The summed E-state index contributed by atoms with van der Waals surface area (Å²) in [7, 11) is 3.00. The smallest absolute Gasteiger partial charge is 0.300 e.